The lowest BCUT2D eigenvalue weighted by atomic mass is 10.2. The number of thiophene rings is 1. The third-order valence-electron chi connectivity index (χ3n) is 4.67. The largest absolute Gasteiger partial charge is 0.352 e. The number of nitrogens with two attached hydrogens (primary N) is 1. The van der Waals surface area contributed by atoms with Crippen molar-refractivity contribution in [2.24, 2.45) is 11.7 Å². The van der Waals surface area contributed by atoms with E-state index in [1.54, 1.807) is 16.4 Å². The first-order valence-corrected chi connectivity index (χ1v) is 10.8. The van der Waals surface area contributed by atoms with Crippen LogP contribution in [0.3, 0.4) is 0 Å². The number of hydrogen-bond acceptors (Lipinski definition) is 5. The summed E-state index contributed by atoms with van der Waals surface area (Å²) in [6.45, 7) is 1.64. The molecule has 2 heterocycles. The van der Waals surface area contributed by atoms with E-state index in [1.807, 2.05) is 0 Å². The van der Waals surface area contributed by atoms with Gasteiger partial charge in [-0.25, -0.2) is 8.42 Å². The number of piperidine rings is 1. The van der Waals surface area contributed by atoms with Gasteiger partial charge in [-0.05, 0) is 43.7 Å². The zero-order chi connectivity index (χ0) is 17.2. The van der Waals surface area contributed by atoms with Crippen LogP contribution >= 0.6 is 23.7 Å². The number of rotatable bonds is 7. The lowest BCUT2D eigenvalue weighted by Gasteiger charge is -2.25. The summed E-state index contributed by atoms with van der Waals surface area (Å²) in [5, 5.41) is 2.97. The summed E-state index contributed by atoms with van der Waals surface area (Å²) in [5.74, 6) is 0.429. The van der Waals surface area contributed by atoms with Gasteiger partial charge in [0.15, 0.2) is 0 Å². The molecule has 1 aliphatic heterocycles. The Morgan fingerprint density at radius 2 is 1.96 bits per heavy atom. The highest BCUT2D eigenvalue weighted by molar-refractivity contribution is 7.91. The van der Waals surface area contributed by atoms with Crippen molar-refractivity contribution >= 4 is 39.7 Å². The average Bonchev–Trinajstić information content (AvgIpc) is 3.32. The molecule has 2 aliphatic rings. The summed E-state index contributed by atoms with van der Waals surface area (Å²) in [4.78, 5) is 12.9. The Morgan fingerprint density at radius 3 is 2.56 bits per heavy atom. The van der Waals surface area contributed by atoms with Crippen molar-refractivity contribution in [1.82, 2.24) is 9.62 Å². The third kappa shape index (κ3) is 5.17. The van der Waals surface area contributed by atoms with Gasteiger partial charge in [-0.2, -0.15) is 4.31 Å². The van der Waals surface area contributed by atoms with Crippen LogP contribution in [0.1, 0.15) is 37.0 Å². The molecule has 3 rings (SSSR count). The van der Waals surface area contributed by atoms with Gasteiger partial charge in [-0.1, -0.05) is 6.42 Å². The zero-order valence-electron chi connectivity index (χ0n) is 14.1. The number of sulfonamides is 1. The van der Waals surface area contributed by atoms with Crippen LogP contribution in [0.5, 0.6) is 0 Å². The van der Waals surface area contributed by atoms with Crippen molar-refractivity contribution in [2.75, 3.05) is 19.6 Å². The van der Waals surface area contributed by atoms with Gasteiger partial charge in [0.05, 0.1) is 6.42 Å². The molecule has 142 valence electrons. The van der Waals surface area contributed by atoms with Gasteiger partial charge in [0.25, 0.3) is 10.0 Å². The van der Waals surface area contributed by atoms with Crippen LogP contribution in [-0.4, -0.2) is 44.3 Å². The molecule has 0 aromatic carbocycles. The molecular weight excluding hydrogens is 382 g/mol. The van der Waals surface area contributed by atoms with Gasteiger partial charge in [-0.15, -0.1) is 23.7 Å². The van der Waals surface area contributed by atoms with Gasteiger partial charge in [0.1, 0.15) is 4.21 Å². The monoisotopic (exact) mass is 407 g/mol. The van der Waals surface area contributed by atoms with Crippen LogP contribution in [0.2, 0.25) is 0 Å². The first kappa shape index (κ1) is 20.6. The molecule has 1 saturated carbocycles. The van der Waals surface area contributed by atoms with Crippen molar-refractivity contribution in [1.29, 1.82) is 0 Å². The molecule has 0 spiro atoms. The summed E-state index contributed by atoms with van der Waals surface area (Å²) >= 11 is 1.20. The molecule has 1 atom stereocenters. The molecule has 25 heavy (non-hydrogen) atoms. The zero-order valence-corrected chi connectivity index (χ0v) is 16.6. The van der Waals surface area contributed by atoms with E-state index in [0.29, 0.717) is 29.8 Å². The molecule has 1 unspecified atom stereocenters. The van der Waals surface area contributed by atoms with E-state index < -0.39 is 10.0 Å². The number of nitrogens with zero attached hydrogens (tertiary/aromatic N) is 1. The lowest BCUT2D eigenvalue weighted by Crippen LogP contribution is -2.42. The smallest absolute Gasteiger partial charge is 0.252 e. The maximum atomic E-state index is 12.6. The van der Waals surface area contributed by atoms with E-state index in [4.69, 9.17) is 5.73 Å². The number of amides is 1. The van der Waals surface area contributed by atoms with Gasteiger partial charge in [-0.3, -0.25) is 4.79 Å². The minimum atomic E-state index is -3.41. The number of carbonyl (C=O) groups is 1. The Balaban J connectivity index is 0.00000225. The van der Waals surface area contributed by atoms with Gasteiger partial charge < -0.3 is 11.1 Å². The topological polar surface area (TPSA) is 92.5 Å². The molecule has 1 aromatic rings. The summed E-state index contributed by atoms with van der Waals surface area (Å²) < 4.78 is 27.2. The Hall–Kier alpha value is -0.670. The molecule has 9 heteroatoms. The molecule has 0 radical (unpaired) electrons. The first-order valence-electron chi connectivity index (χ1n) is 8.59. The van der Waals surface area contributed by atoms with E-state index in [1.165, 1.54) is 11.3 Å². The molecular formula is C16H26ClN3O3S2. The summed E-state index contributed by atoms with van der Waals surface area (Å²) in [5.41, 5.74) is 5.70. The Labute approximate surface area is 159 Å². The van der Waals surface area contributed by atoms with Crippen molar-refractivity contribution < 1.29 is 13.2 Å². The fourth-order valence-corrected chi connectivity index (χ4v) is 6.13. The quantitative estimate of drug-likeness (QED) is 0.720. The molecule has 1 amide bonds. The fourth-order valence-electron chi connectivity index (χ4n) is 3.11. The van der Waals surface area contributed by atoms with Crippen molar-refractivity contribution in [3.8, 4) is 0 Å². The second-order valence-corrected chi connectivity index (χ2v) is 9.94. The maximum absolute atomic E-state index is 12.6. The Bertz CT molecular complexity index is 683. The first-order chi connectivity index (χ1) is 11.5. The standard InChI is InChI=1S/C16H25N3O3S2.ClH/c17-11-14(12-4-5-12)18-15(20)10-13-6-7-16(23-13)24(21,22)19-8-2-1-3-9-19;/h6-7,12,14H,1-5,8-11,17H2,(H,18,20);1H. The van der Waals surface area contributed by atoms with E-state index in [0.717, 1.165) is 37.0 Å². The molecule has 1 aromatic heterocycles. The second-order valence-electron chi connectivity index (χ2n) is 6.61. The molecule has 6 nitrogen and oxygen atoms in total. The van der Waals surface area contributed by atoms with Crippen LogP contribution in [0.15, 0.2) is 16.3 Å². The highest BCUT2D eigenvalue weighted by atomic mass is 35.5. The summed E-state index contributed by atoms with van der Waals surface area (Å²) in [6.07, 6.45) is 5.39. The van der Waals surface area contributed by atoms with Gasteiger partial charge in [0, 0.05) is 30.6 Å². The minimum absolute atomic E-state index is 0. The second kappa shape index (κ2) is 8.81. The van der Waals surface area contributed by atoms with Crippen LogP contribution < -0.4 is 11.1 Å². The fraction of sp³-hybridized carbons (Fsp3) is 0.688. The van der Waals surface area contributed by atoms with Crippen LogP contribution in [0.25, 0.3) is 0 Å². The van der Waals surface area contributed by atoms with E-state index >= 15 is 0 Å². The maximum Gasteiger partial charge on any atom is 0.252 e. The normalized spacial score (nSPS) is 19.9. The molecule has 2 fully saturated rings. The highest BCUT2D eigenvalue weighted by Crippen LogP contribution is 2.32. The van der Waals surface area contributed by atoms with Crippen molar-refractivity contribution in [2.45, 2.75) is 48.8 Å². The van der Waals surface area contributed by atoms with Crippen molar-refractivity contribution in [3.05, 3.63) is 17.0 Å². The molecule has 1 aliphatic carbocycles. The van der Waals surface area contributed by atoms with Crippen LogP contribution in [0.4, 0.5) is 0 Å². The number of hydrogen-bond donors (Lipinski definition) is 2. The summed E-state index contributed by atoms with van der Waals surface area (Å²) in [7, 11) is -3.41. The van der Waals surface area contributed by atoms with E-state index in [9.17, 15) is 13.2 Å². The van der Waals surface area contributed by atoms with Crippen LogP contribution in [-0.2, 0) is 21.2 Å². The average molecular weight is 408 g/mol. The number of carbonyl (C=O) groups excluding carboxylic acids is 1. The number of halogens is 1. The van der Waals surface area contributed by atoms with Gasteiger partial charge >= 0.3 is 0 Å². The predicted molar refractivity (Wildman–Crippen MR) is 102 cm³/mol. The Morgan fingerprint density at radius 1 is 1.28 bits per heavy atom. The van der Waals surface area contributed by atoms with E-state index in [2.05, 4.69) is 5.32 Å². The molecule has 0 bridgehead atoms. The van der Waals surface area contributed by atoms with E-state index in [-0.39, 0.29) is 30.8 Å². The predicted octanol–water partition coefficient (Wildman–Crippen LogP) is 1.74. The van der Waals surface area contributed by atoms with Crippen molar-refractivity contribution in [3.63, 3.8) is 0 Å². The minimum Gasteiger partial charge on any atom is -0.352 e. The summed E-state index contributed by atoms with van der Waals surface area (Å²) in [6, 6.07) is 3.42. The lowest BCUT2D eigenvalue weighted by molar-refractivity contribution is -0.121. The molecule has 3 N–H and O–H groups in total. The third-order valence-corrected chi connectivity index (χ3v) is 8.12. The van der Waals surface area contributed by atoms with Gasteiger partial charge in [0.2, 0.25) is 5.91 Å². The molecule has 1 saturated heterocycles. The Kier molecular flexibility index (Phi) is 7.28. The highest BCUT2D eigenvalue weighted by Gasteiger charge is 2.31. The SMILES string of the molecule is Cl.NCC(NC(=O)Cc1ccc(S(=O)(=O)N2CCCCC2)s1)C1CC1. The van der Waals surface area contributed by atoms with Crippen LogP contribution in [0, 0.1) is 5.92 Å². The number of nitrogens with one attached hydrogen (secondary N) is 1.